The number of rotatable bonds is 6. The topological polar surface area (TPSA) is 41.9 Å². The van der Waals surface area contributed by atoms with Gasteiger partial charge in [-0.05, 0) is 47.9 Å². The van der Waals surface area contributed by atoms with Crippen LogP contribution in [0.25, 0.3) is 0 Å². The molecule has 0 atom stereocenters. The third-order valence-electron chi connectivity index (χ3n) is 2.77. The van der Waals surface area contributed by atoms with Crippen LogP contribution in [0.2, 0.25) is 0 Å². The van der Waals surface area contributed by atoms with Gasteiger partial charge in [-0.2, -0.15) is 18.3 Å². The minimum Gasteiger partial charge on any atom is -0.363 e. The van der Waals surface area contributed by atoms with Crippen molar-refractivity contribution in [3.05, 3.63) is 15.9 Å². The largest absolute Gasteiger partial charge is 0.436 e. The van der Waals surface area contributed by atoms with Gasteiger partial charge in [0.05, 0.1) is 10.2 Å². The van der Waals surface area contributed by atoms with Gasteiger partial charge in [0.1, 0.15) is 0 Å². The number of halogens is 4. The van der Waals surface area contributed by atoms with E-state index >= 15 is 0 Å². The average molecular weight is 387 g/mol. The molecule has 0 aliphatic rings. The standard InChI is InChI=1S/C12H18BrF3N4S/c1-3-5-17-11(21)18-6-4-7-20-8(2)9(13)10(19-20)12(14,15)16/h3-7H2,1-2H3,(H2,17,18,21). The van der Waals surface area contributed by atoms with E-state index in [9.17, 15) is 13.2 Å². The summed E-state index contributed by atoms with van der Waals surface area (Å²) in [5.74, 6) is 0. The fourth-order valence-corrected chi connectivity index (χ4v) is 2.37. The summed E-state index contributed by atoms with van der Waals surface area (Å²) in [6, 6.07) is 0. The maximum Gasteiger partial charge on any atom is 0.436 e. The molecule has 0 saturated carbocycles. The molecule has 0 amide bonds. The van der Waals surface area contributed by atoms with Crippen molar-refractivity contribution in [1.29, 1.82) is 0 Å². The number of thiocarbonyl (C=S) groups is 1. The third kappa shape index (κ3) is 5.46. The summed E-state index contributed by atoms with van der Waals surface area (Å²) in [6.07, 6.45) is -2.85. The average Bonchev–Trinajstić information content (AvgIpc) is 2.69. The molecule has 1 aromatic rings. The summed E-state index contributed by atoms with van der Waals surface area (Å²) in [4.78, 5) is 0. The van der Waals surface area contributed by atoms with Crippen LogP contribution < -0.4 is 10.6 Å². The highest BCUT2D eigenvalue weighted by molar-refractivity contribution is 9.10. The third-order valence-corrected chi connectivity index (χ3v) is 4.01. The quantitative estimate of drug-likeness (QED) is 0.581. The van der Waals surface area contributed by atoms with Crippen LogP contribution in [0.4, 0.5) is 13.2 Å². The lowest BCUT2D eigenvalue weighted by Gasteiger charge is -2.10. The molecule has 21 heavy (non-hydrogen) atoms. The number of nitrogens with zero attached hydrogens (tertiary/aromatic N) is 2. The van der Waals surface area contributed by atoms with Crippen molar-refractivity contribution in [3.8, 4) is 0 Å². The Bertz CT molecular complexity index is 488. The minimum absolute atomic E-state index is 0.00286. The highest BCUT2D eigenvalue weighted by atomic mass is 79.9. The van der Waals surface area contributed by atoms with Crippen molar-refractivity contribution in [2.45, 2.75) is 39.4 Å². The van der Waals surface area contributed by atoms with Gasteiger partial charge in [0, 0.05) is 19.6 Å². The molecule has 0 aromatic carbocycles. The molecule has 1 heterocycles. The molecule has 0 aliphatic carbocycles. The Morgan fingerprint density at radius 1 is 1.33 bits per heavy atom. The van der Waals surface area contributed by atoms with E-state index in [2.05, 4.69) is 31.7 Å². The molecule has 9 heteroatoms. The van der Waals surface area contributed by atoms with Gasteiger partial charge in [-0.1, -0.05) is 6.92 Å². The van der Waals surface area contributed by atoms with Crippen LogP contribution in [-0.2, 0) is 12.7 Å². The van der Waals surface area contributed by atoms with Crippen LogP contribution in [0, 0.1) is 6.92 Å². The molecule has 1 aromatic heterocycles. The van der Waals surface area contributed by atoms with Gasteiger partial charge in [0.2, 0.25) is 0 Å². The van der Waals surface area contributed by atoms with Gasteiger partial charge in [0.15, 0.2) is 10.8 Å². The van der Waals surface area contributed by atoms with Crippen molar-refractivity contribution < 1.29 is 13.2 Å². The van der Waals surface area contributed by atoms with E-state index in [0.29, 0.717) is 30.3 Å². The number of aromatic nitrogens is 2. The monoisotopic (exact) mass is 386 g/mol. The number of alkyl halides is 3. The second-order valence-corrected chi connectivity index (χ2v) is 5.71. The Morgan fingerprint density at radius 2 is 1.95 bits per heavy atom. The summed E-state index contributed by atoms with van der Waals surface area (Å²) < 4.78 is 39.5. The normalized spacial score (nSPS) is 11.5. The highest BCUT2D eigenvalue weighted by Gasteiger charge is 2.37. The molecular formula is C12H18BrF3N4S. The van der Waals surface area contributed by atoms with Gasteiger partial charge in [0.25, 0.3) is 0 Å². The Balaban J connectivity index is 2.48. The van der Waals surface area contributed by atoms with Crippen LogP contribution >= 0.6 is 28.1 Å². The fourth-order valence-electron chi connectivity index (χ4n) is 1.65. The number of hydrogen-bond donors (Lipinski definition) is 2. The Morgan fingerprint density at radius 3 is 2.48 bits per heavy atom. The number of nitrogens with one attached hydrogen (secondary N) is 2. The second kappa shape index (κ2) is 7.98. The smallest absolute Gasteiger partial charge is 0.363 e. The number of aryl methyl sites for hydroxylation is 1. The van der Waals surface area contributed by atoms with Crippen LogP contribution in [0.1, 0.15) is 31.2 Å². The fraction of sp³-hybridized carbons (Fsp3) is 0.667. The number of hydrogen-bond acceptors (Lipinski definition) is 2. The first kappa shape index (κ1) is 18.2. The van der Waals surface area contributed by atoms with Crippen LogP contribution in [0.5, 0.6) is 0 Å². The summed E-state index contributed by atoms with van der Waals surface area (Å²) in [5.41, 5.74) is -0.415. The molecule has 0 bridgehead atoms. The molecular weight excluding hydrogens is 369 g/mol. The lowest BCUT2D eigenvalue weighted by atomic mass is 10.3. The Hall–Kier alpha value is -0.830. The zero-order chi connectivity index (χ0) is 16.0. The zero-order valence-corrected chi connectivity index (χ0v) is 14.3. The molecule has 0 fully saturated rings. The van der Waals surface area contributed by atoms with Crippen molar-refractivity contribution >= 4 is 33.3 Å². The lowest BCUT2D eigenvalue weighted by molar-refractivity contribution is -0.142. The van der Waals surface area contributed by atoms with Crippen LogP contribution in [-0.4, -0.2) is 28.0 Å². The zero-order valence-electron chi connectivity index (χ0n) is 11.9. The van der Waals surface area contributed by atoms with Crippen molar-refractivity contribution in [2.75, 3.05) is 13.1 Å². The first-order chi connectivity index (χ1) is 9.77. The van der Waals surface area contributed by atoms with Crippen molar-refractivity contribution in [2.24, 2.45) is 0 Å². The van der Waals surface area contributed by atoms with Gasteiger partial charge in [-0.3, -0.25) is 4.68 Å². The Kier molecular flexibility index (Phi) is 6.92. The van der Waals surface area contributed by atoms with Crippen LogP contribution in [0.15, 0.2) is 4.47 Å². The molecule has 120 valence electrons. The summed E-state index contributed by atoms with van der Waals surface area (Å²) in [6.45, 7) is 5.41. The first-order valence-corrected chi connectivity index (χ1v) is 7.79. The van der Waals surface area contributed by atoms with Gasteiger partial charge in [-0.25, -0.2) is 0 Å². The minimum atomic E-state index is -4.45. The molecule has 0 saturated heterocycles. The summed E-state index contributed by atoms with van der Waals surface area (Å²) in [7, 11) is 0. The second-order valence-electron chi connectivity index (χ2n) is 4.51. The predicted octanol–water partition coefficient (Wildman–Crippen LogP) is 3.24. The van der Waals surface area contributed by atoms with E-state index in [1.54, 1.807) is 6.92 Å². The van der Waals surface area contributed by atoms with E-state index in [1.807, 2.05) is 6.92 Å². The van der Waals surface area contributed by atoms with Crippen LogP contribution in [0.3, 0.4) is 0 Å². The van der Waals surface area contributed by atoms with E-state index in [-0.39, 0.29) is 4.47 Å². The highest BCUT2D eigenvalue weighted by Crippen LogP contribution is 2.35. The van der Waals surface area contributed by atoms with E-state index in [1.165, 1.54) is 4.68 Å². The van der Waals surface area contributed by atoms with Gasteiger partial charge < -0.3 is 10.6 Å². The molecule has 0 radical (unpaired) electrons. The van der Waals surface area contributed by atoms with E-state index in [4.69, 9.17) is 12.2 Å². The van der Waals surface area contributed by atoms with E-state index < -0.39 is 11.9 Å². The lowest BCUT2D eigenvalue weighted by Crippen LogP contribution is -2.36. The predicted molar refractivity (Wildman–Crippen MR) is 83.2 cm³/mol. The molecule has 2 N–H and O–H groups in total. The van der Waals surface area contributed by atoms with Gasteiger partial charge >= 0.3 is 6.18 Å². The summed E-state index contributed by atoms with van der Waals surface area (Å²) >= 11 is 8.00. The van der Waals surface area contributed by atoms with E-state index in [0.717, 1.165) is 13.0 Å². The molecule has 1 rings (SSSR count). The maximum atomic E-state index is 12.7. The molecule has 0 spiro atoms. The maximum absolute atomic E-state index is 12.7. The first-order valence-electron chi connectivity index (χ1n) is 6.59. The van der Waals surface area contributed by atoms with Gasteiger partial charge in [-0.15, -0.1) is 0 Å². The van der Waals surface area contributed by atoms with Crippen molar-refractivity contribution in [3.63, 3.8) is 0 Å². The SMILES string of the molecule is CCCNC(=S)NCCCn1nc(C(F)(F)F)c(Br)c1C. The molecule has 0 unspecified atom stereocenters. The van der Waals surface area contributed by atoms with Crippen molar-refractivity contribution in [1.82, 2.24) is 20.4 Å². The summed E-state index contributed by atoms with van der Waals surface area (Å²) in [5, 5.41) is 10.2. The Labute approximate surface area is 135 Å². The molecule has 0 aliphatic heterocycles. The molecule has 4 nitrogen and oxygen atoms in total.